The number of nitrogens with one attached hydrogen (secondary N) is 1. The Hall–Kier alpha value is -2.76. The number of amides is 1. The molecule has 2 aliphatic rings. The third-order valence-corrected chi connectivity index (χ3v) is 4.62. The van der Waals surface area contributed by atoms with E-state index >= 15 is 0 Å². The molecule has 0 saturated heterocycles. The van der Waals surface area contributed by atoms with E-state index < -0.39 is 12.2 Å². The van der Waals surface area contributed by atoms with E-state index in [1.807, 2.05) is 38.1 Å². The monoisotopic (exact) mass is 344 g/mol. The number of benzene rings is 1. The first-order chi connectivity index (χ1) is 11.8. The summed E-state index contributed by atoms with van der Waals surface area (Å²) >= 11 is 0. The Kier molecular flexibility index (Phi) is 3.39. The number of nitrogens with zero attached hydrogens (tertiary/aromatic N) is 1. The summed E-state index contributed by atoms with van der Waals surface area (Å²) in [5, 5.41) is 2.96. The quantitative estimate of drug-likeness (QED) is 0.919. The summed E-state index contributed by atoms with van der Waals surface area (Å²) in [5.74, 6) is -0.143. The third-order valence-electron chi connectivity index (χ3n) is 4.62. The molecule has 0 fully saturated rings. The largest absolute Gasteiger partial charge is 0.417 e. The summed E-state index contributed by atoms with van der Waals surface area (Å²) < 4.78 is 29.0. The van der Waals surface area contributed by atoms with E-state index in [9.17, 15) is 13.6 Å². The van der Waals surface area contributed by atoms with Crippen LogP contribution in [0.15, 0.2) is 36.4 Å². The zero-order chi connectivity index (χ0) is 17.8. The van der Waals surface area contributed by atoms with Crippen molar-refractivity contribution in [2.75, 3.05) is 0 Å². The zero-order valence-electron chi connectivity index (χ0n) is 13.8. The van der Waals surface area contributed by atoms with Gasteiger partial charge in [0.15, 0.2) is 0 Å². The first kappa shape index (κ1) is 15.7. The van der Waals surface area contributed by atoms with Crippen LogP contribution in [-0.4, -0.2) is 17.5 Å². The van der Waals surface area contributed by atoms with Crippen molar-refractivity contribution in [3.63, 3.8) is 0 Å². The fourth-order valence-electron chi connectivity index (χ4n) is 3.47. The summed E-state index contributed by atoms with van der Waals surface area (Å²) in [4.78, 5) is 16.2. The summed E-state index contributed by atoms with van der Waals surface area (Å²) in [6.07, 6.45) is 2.57. The van der Waals surface area contributed by atoms with Crippen LogP contribution in [0.5, 0.6) is 5.88 Å². The summed E-state index contributed by atoms with van der Waals surface area (Å²) in [7, 11) is 0. The van der Waals surface area contributed by atoms with Crippen LogP contribution in [0.1, 0.15) is 48.0 Å². The minimum atomic E-state index is -2.89. The van der Waals surface area contributed by atoms with Crippen LogP contribution in [0.25, 0.3) is 5.57 Å². The second kappa shape index (κ2) is 5.37. The van der Waals surface area contributed by atoms with Gasteiger partial charge in [-0.15, -0.1) is 0 Å². The number of hydrogen-bond acceptors (Lipinski definition) is 3. The Morgan fingerprint density at radius 1 is 1.24 bits per heavy atom. The summed E-state index contributed by atoms with van der Waals surface area (Å²) in [6, 6.07) is 8.95. The zero-order valence-corrected chi connectivity index (χ0v) is 13.8. The lowest BCUT2D eigenvalue weighted by Crippen LogP contribution is -2.32. The minimum Gasteiger partial charge on any atom is -0.417 e. The molecular weight excluding hydrogens is 326 g/mol. The number of hydrogen-bond donors (Lipinski definition) is 1. The lowest BCUT2D eigenvalue weighted by Gasteiger charge is -2.20. The van der Waals surface area contributed by atoms with Gasteiger partial charge in [0.2, 0.25) is 5.88 Å². The average Bonchev–Trinajstić information content (AvgIpc) is 3.05. The number of alkyl halides is 2. The number of fused-ring (bicyclic) bond motifs is 2. The molecule has 0 bridgehead atoms. The highest BCUT2D eigenvalue weighted by Crippen LogP contribution is 2.37. The molecule has 1 amide bonds. The molecule has 2 aromatic rings. The number of ether oxygens (including phenoxy) is 1. The number of halogens is 2. The van der Waals surface area contributed by atoms with E-state index in [1.165, 1.54) is 6.07 Å². The predicted octanol–water partition coefficient (Wildman–Crippen LogP) is 3.90. The van der Waals surface area contributed by atoms with Gasteiger partial charge < -0.3 is 10.1 Å². The maximum absolute atomic E-state index is 12.3. The maximum atomic E-state index is 12.3. The van der Waals surface area contributed by atoms with E-state index in [2.05, 4.69) is 15.0 Å². The van der Waals surface area contributed by atoms with Crippen LogP contribution in [0, 0.1) is 0 Å². The Morgan fingerprint density at radius 2 is 2.00 bits per heavy atom. The van der Waals surface area contributed by atoms with Gasteiger partial charge in [0.1, 0.15) is 0 Å². The molecule has 1 aliphatic heterocycles. The highest BCUT2D eigenvalue weighted by molar-refractivity contribution is 6.00. The Bertz CT molecular complexity index is 926. The van der Waals surface area contributed by atoms with Crippen molar-refractivity contribution in [1.29, 1.82) is 0 Å². The maximum Gasteiger partial charge on any atom is 0.388 e. The topological polar surface area (TPSA) is 51.2 Å². The van der Waals surface area contributed by atoms with Crippen molar-refractivity contribution in [2.45, 2.75) is 32.4 Å². The van der Waals surface area contributed by atoms with Crippen LogP contribution in [0.4, 0.5) is 8.78 Å². The fraction of sp³-hybridized carbons (Fsp3) is 0.263. The van der Waals surface area contributed by atoms with E-state index in [-0.39, 0.29) is 13.2 Å². The molecule has 1 aliphatic carbocycles. The molecular formula is C19H18F2N2O2. The van der Waals surface area contributed by atoms with Crippen LogP contribution in [0.3, 0.4) is 0 Å². The van der Waals surface area contributed by atoms with Crippen LogP contribution >= 0.6 is 0 Å². The average molecular weight is 344 g/mol. The number of aromatic nitrogens is 1. The molecule has 4 nitrogen and oxygen atoms in total. The lowest BCUT2D eigenvalue weighted by molar-refractivity contribution is -0.0529. The predicted molar refractivity (Wildman–Crippen MR) is 90.7 cm³/mol. The van der Waals surface area contributed by atoms with Crippen LogP contribution < -0.4 is 10.1 Å². The van der Waals surface area contributed by atoms with Crippen molar-refractivity contribution in [3.8, 4) is 5.88 Å². The number of carbonyl (C=O) groups is 1. The van der Waals surface area contributed by atoms with E-state index in [0.717, 1.165) is 22.3 Å². The van der Waals surface area contributed by atoms with E-state index in [1.54, 1.807) is 6.07 Å². The molecule has 25 heavy (non-hydrogen) atoms. The second-order valence-corrected chi connectivity index (χ2v) is 6.68. The van der Waals surface area contributed by atoms with Gasteiger partial charge >= 0.3 is 6.61 Å². The normalized spacial score (nSPS) is 17.2. The van der Waals surface area contributed by atoms with Gasteiger partial charge in [-0.25, -0.2) is 4.98 Å². The molecule has 1 aromatic carbocycles. The molecule has 2 heterocycles. The van der Waals surface area contributed by atoms with Crippen LogP contribution in [0.2, 0.25) is 0 Å². The van der Waals surface area contributed by atoms with Gasteiger partial charge in [0.25, 0.3) is 5.91 Å². The van der Waals surface area contributed by atoms with Crippen molar-refractivity contribution in [2.24, 2.45) is 0 Å². The van der Waals surface area contributed by atoms with Crippen molar-refractivity contribution in [1.82, 2.24) is 10.3 Å². The lowest BCUT2D eigenvalue weighted by atomic mass is 9.90. The second-order valence-electron chi connectivity index (χ2n) is 6.68. The molecule has 0 atom stereocenters. The number of pyridine rings is 1. The fourth-order valence-corrected chi connectivity index (χ4v) is 3.47. The Balaban J connectivity index is 0.00000196. The van der Waals surface area contributed by atoms with E-state index in [0.29, 0.717) is 17.7 Å². The summed E-state index contributed by atoms with van der Waals surface area (Å²) in [6.45, 7) is 1.04. The Labute approximate surface area is 145 Å². The molecule has 130 valence electrons. The molecule has 0 spiro atoms. The summed E-state index contributed by atoms with van der Waals surface area (Å²) in [5.41, 5.74) is 4.80. The van der Waals surface area contributed by atoms with Gasteiger partial charge in [-0.05, 0) is 48.7 Å². The first-order valence-electron chi connectivity index (χ1n) is 7.98. The van der Waals surface area contributed by atoms with Gasteiger partial charge in [-0.1, -0.05) is 12.1 Å². The van der Waals surface area contributed by atoms with Crippen molar-refractivity contribution < 1.29 is 19.7 Å². The van der Waals surface area contributed by atoms with E-state index in [4.69, 9.17) is 0 Å². The van der Waals surface area contributed by atoms with Crippen LogP contribution in [-0.2, 0) is 12.0 Å². The highest BCUT2D eigenvalue weighted by atomic mass is 19.3. The number of rotatable bonds is 3. The van der Waals surface area contributed by atoms with Gasteiger partial charge in [-0.3, -0.25) is 4.79 Å². The number of carbonyl (C=O) groups excluding carboxylic acids is 1. The third kappa shape index (κ3) is 2.58. The van der Waals surface area contributed by atoms with Gasteiger partial charge in [0, 0.05) is 25.0 Å². The van der Waals surface area contributed by atoms with Crippen molar-refractivity contribution >= 4 is 11.5 Å². The minimum absolute atomic E-state index is 0. The molecule has 4 rings (SSSR count). The highest BCUT2D eigenvalue weighted by Gasteiger charge is 2.35. The molecule has 1 aromatic heterocycles. The molecule has 0 unspecified atom stereocenters. The van der Waals surface area contributed by atoms with Gasteiger partial charge in [-0.2, -0.15) is 8.78 Å². The van der Waals surface area contributed by atoms with Gasteiger partial charge in [0.05, 0.1) is 11.2 Å². The number of allylic oxidation sites excluding steroid dienone is 1. The molecule has 0 saturated carbocycles. The molecule has 6 heteroatoms. The smallest absolute Gasteiger partial charge is 0.388 e. The standard InChI is InChI=1S/C19H16F2N2O2.H2/c1-19(2)14-9-10(3-4-13(14)17(24)23-19)11-5-7-15-12(11)6-8-16(22-15)25-18(20)21;/h3-6,8-9,18H,7H2,1-2H3,(H,23,24);1H. The van der Waals surface area contributed by atoms with Crippen molar-refractivity contribution in [3.05, 3.63) is 64.4 Å². The Morgan fingerprint density at radius 3 is 2.76 bits per heavy atom. The molecule has 0 radical (unpaired) electrons. The molecule has 1 N–H and O–H groups in total. The SMILES string of the molecule is CC1(C)NC(=O)c2ccc(C3=CCc4nc(OC(F)F)ccc43)cc21.[HH]. The first-order valence-corrected chi connectivity index (χ1v) is 7.98.